The number of rotatable bonds is 2. The fourth-order valence-corrected chi connectivity index (χ4v) is 1.50. The van der Waals surface area contributed by atoms with Gasteiger partial charge in [0, 0.05) is 5.69 Å². The molecule has 8 heteroatoms. The van der Waals surface area contributed by atoms with Crippen LogP contribution in [0.15, 0.2) is 53.5 Å². The molecule has 0 aliphatic rings. The highest BCUT2D eigenvalue weighted by atomic mass is 19.4. The Morgan fingerprint density at radius 3 is 2.26 bits per heavy atom. The summed E-state index contributed by atoms with van der Waals surface area (Å²) < 4.78 is 36.2. The zero-order chi connectivity index (χ0) is 17.5. The van der Waals surface area contributed by atoms with Gasteiger partial charge >= 0.3 is 12.1 Å². The first-order valence-corrected chi connectivity index (χ1v) is 6.08. The van der Waals surface area contributed by atoms with Crippen molar-refractivity contribution < 1.29 is 27.9 Å². The van der Waals surface area contributed by atoms with Crippen LogP contribution in [0.4, 0.5) is 24.5 Å². The molecule has 0 aliphatic carbocycles. The normalized spacial score (nSPS) is 10.0. The van der Waals surface area contributed by atoms with Crippen molar-refractivity contribution in [1.29, 1.82) is 0 Å². The maximum atomic E-state index is 12.1. The van der Waals surface area contributed by atoms with E-state index in [2.05, 4.69) is 4.99 Å². The van der Waals surface area contributed by atoms with E-state index in [0.29, 0.717) is 5.69 Å². The molecule has 120 valence electrons. The minimum Gasteiger partial charge on any atom is -0.478 e. The summed E-state index contributed by atoms with van der Waals surface area (Å²) in [5.41, 5.74) is 4.92. The Morgan fingerprint density at radius 1 is 1.13 bits per heavy atom. The van der Waals surface area contributed by atoms with E-state index < -0.39 is 17.7 Å². The molecule has 5 nitrogen and oxygen atoms in total. The van der Waals surface area contributed by atoms with Crippen molar-refractivity contribution in [2.24, 2.45) is 4.99 Å². The van der Waals surface area contributed by atoms with Gasteiger partial charge in [-0.2, -0.15) is 18.2 Å². The van der Waals surface area contributed by atoms with Crippen LogP contribution in [-0.2, 0) is 11.0 Å². The topological polar surface area (TPSA) is 92.8 Å². The summed E-state index contributed by atoms with van der Waals surface area (Å²) in [6.45, 7) is 0. The molecule has 0 fully saturated rings. The van der Waals surface area contributed by atoms with E-state index in [1.54, 1.807) is 18.2 Å². The fourth-order valence-electron chi connectivity index (χ4n) is 1.50. The van der Waals surface area contributed by atoms with Crippen molar-refractivity contribution in [2.75, 3.05) is 5.73 Å². The summed E-state index contributed by atoms with van der Waals surface area (Å²) in [5, 5.41) is 8.49. The van der Waals surface area contributed by atoms with Gasteiger partial charge in [0.25, 0.3) is 0 Å². The van der Waals surface area contributed by atoms with Gasteiger partial charge in [-0.1, -0.05) is 18.2 Å². The third-order valence-corrected chi connectivity index (χ3v) is 2.54. The molecule has 0 radical (unpaired) electrons. The minimum atomic E-state index is -4.41. The molecule has 0 heterocycles. The number of aliphatic imine (C=N–C) groups is 1. The number of para-hydroxylation sites is 1. The van der Waals surface area contributed by atoms with Crippen LogP contribution in [0, 0.1) is 0 Å². The molecule has 0 bridgehead atoms. The Kier molecular flexibility index (Phi) is 6.05. The van der Waals surface area contributed by atoms with Gasteiger partial charge in [0.1, 0.15) is 0 Å². The number of nitrogens with zero attached hydrogens (tertiary/aromatic N) is 1. The molecule has 0 atom stereocenters. The molecule has 2 aromatic rings. The Bertz CT molecular complexity index is 739. The third kappa shape index (κ3) is 5.64. The highest BCUT2D eigenvalue weighted by Crippen LogP contribution is 2.31. The number of hydrogen-bond donors (Lipinski definition) is 2. The SMILES string of the molecule is Nc1ccccc1C(=O)O.O=C=Nc1cccc(C(F)(F)F)c1. The summed E-state index contributed by atoms with van der Waals surface area (Å²) in [6, 6.07) is 10.5. The quantitative estimate of drug-likeness (QED) is 0.501. The van der Waals surface area contributed by atoms with Crippen molar-refractivity contribution in [3.8, 4) is 0 Å². The lowest BCUT2D eigenvalue weighted by Crippen LogP contribution is -2.03. The first kappa shape index (κ1) is 17.9. The van der Waals surface area contributed by atoms with Crippen LogP contribution in [0.2, 0.25) is 0 Å². The Balaban J connectivity index is 0.000000238. The molecule has 0 saturated carbocycles. The molecule has 3 N–H and O–H groups in total. The average Bonchev–Trinajstić information content (AvgIpc) is 2.48. The van der Waals surface area contributed by atoms with Crippen molar-refractivity contribution in [1.82, 2.24) is 0 Å². The highest BCUT2D eigenvalue weighted by Gasteiger charge is 2.30. The van der Waals surface area contributed by atoms with Gasteiger partial charge in [-0.15, -0.1) is 0 Å². The standard InChI is InChI=1S/C8H4F3NO.C7H7NO2/c9-8(10,11)6-2-1-3-7(4-6)12-5-13;8-6-4-2-1-3-5(6)7(9)10/h1-4H;1-4H,8H2,(H,9,10). The molecule has 2 rings (SSSR count). The van der Waals surface area contributed by atoms with Crippen LogP contribution >= 0.6 is 0 Å². The van der Waals surface area contributed by atoms with E-state index in [1.165, 1.54) is 24.3 Å². The first-order valence-electron chi connectivity index (χ1n) is 6.08. The highest BCUT2D eigenvalue weighted by molar-refractivity contribution is 5.93. The molecule has 2 aromatic carbocycles. The number of nitrogens with two attached hydrogens (primary N) is 1. The van der Waals surface area contributed by atoms with Crippen LogP contribution in [-0.4, -0.2) is 17.2 Å². The van der Waals surface area contributed by atoms with E-state index in [9.17, 15) is 22.8 Å². The van der Waals surface area contributed by atoms with Gasteiger partial charge in [-0.3, -0.25) is 0 Å². The summed E-state index contributed by atoms with van der Waals surface area (Å²) in [7, 11) is 0. The molecule has 0 amide bonds. The van der Waals surface area contributed by atoms with E-state index in [-0.39, 0.29) is 11.3 Å². The second-order valence-corrected chi connectivity index (χ2v) is 4.14. The van der Waals surface area contributed by atoms with Gasteiger partial charge in [0.05, 0.1) is 16.8 Å². The lowest BCUT2D eigenvalue weighted by atomic mass is 10.2. The molecule has 23 heavy (non-hydrogen) atoms. The number of halogens is 3. The maximum absolute atomic E-state index is 12.1. The second-order valence-electron chi connectivity index (χ2n) is 4.14. The van der Waals surface area contributed by atoms with Crippen molar-refractivity contribution in [3.05, 3.63) is 59.7 Å². The number of anilines is 1. The van der Waals surface area contributed by atoms with E-state index in [4.69, 9.17) is 10.8 Å². The molecular formula is C15H11F3N2O3. The number of hydrogen-bond acceptors (Lipinski definition) is 4. The summed E-state index contributed by atoms with van der Waals surface area (Å²) in [5.74, 6) is -0.988. The number of carbonyl (C=O) groups is 1. The number of carbonyl (C=O) groups excluding carboxylic acids is 1. The predicted octanol–water partition coefficient (Wildman–Crippen LogP) is 3.64. The zero-order valence-electron chi connectivity index (χ0n) is 11.5. The number of benzene rings is 2. The Labute approximate surface area is 128 Å². The number of carboxylic acids is 1. The smallest absolute Gasteiger partial charge is 0.416 e. The van der Waals surface area contributed by atoms with E-state index in [1.807, 2.05) is 0 Å². The largest absolute Gasteiger partial charge is 0.478 e. The lowest BCUT2D eigenvalue weighted by molar-refractivity contribution is -0.137. The molecule has 0 spiro atoms. The minimum absolute atomic E-state index is 0.0511. The van der Waals surface area contributed by atoms with Crippen molar-refractivity contribution in [3.63, 3.8) is 0 Å². The van der Waals surface area contributed by atoms with Gasteiger partial charge in [0.2, 0.25) is 6.08 Å². The average molecular weight is 324 g/mol. The number of aromatic carboxylic acids is 1. The monoisotopic (exact) mass is 324 g/mol. The van der Waals surface area contributed by atoms with Crippen molar-refractivity contribution >= 4 is 23.4 Å². The second kappa shape index (κ2) is 7.77. The van der Waals surface area contributed by atoms with Crippen molar-refractivity contribution in [2.45, 2.75) is 6.18 Å². The van der Waals surface area contributed by atoms with E-state index >= 15 is 0 Å². The first-order chi connectivity index (χ1) is 10.8. The number of alkyl halides is 3. The van der Waals surface area contributed by atoms with E-state index in [0.717, 1.165) is 12.1 Å². The summed E-state index contributed by atoms with van der Waals surface area (Å²) >= 11 is 0. The van der Waals surface area contributed by atoms with Gasteiger partial charge < -0.3 is 10.8 Å². The summed E-state index contributed by atoms with van der Waals surface area (Å²) in [4.78, 5) is 23.2. The van der Waals surface area contributed by atoms with Crippen LogP contribution in [0.3, 0.4) is 0 Å². The van der Waals surface area contributed by atoms with Gasteiger partial charge in [-0.05, 0) is 30.3 Å². The number of carboxylic acid groups (broad SMARTS) is 1. The molecule has 0 unspecified atom stereocenters. The van der Waals surface area contributed by atoms with Crippen LogP contribution in [0.1, 0.15) is 15.9 Å². The Hall–Kier alpha value is -3.12. The van der Waals surface area contributed by atoms with Crippen LogP contribution in [0.25, 0.3) is 0 Å². The molecular weight excluding hydrogens is 313 g/mol. The lowest BCUT2D eigenvalue weighted by Gasteiger charge is -2.05. The third-order valence-electron chi connectivity index (χ3n) is 2.54. The van der Waals surface area contributed by atoms with Crippen LogP contribution in [0.5, 0.6) is 0 Å². The number of isocyanates is 1. The molecule has 0 aliphatic heterocycles. The number of nitrogen functional groups attached to an aromatic ring is 1. The van der Waals surface area contributed by atoms with Crippen LogP contribution < -0.4 is 5.73 Å². The molecule has 0 aromatic heterocycles. The maximum Gasteiger partial charge on any atom is 0.416 e. The summed E-state index contributed by atoms with van der Waals surface area (Å²) in [6.07, 6.45) is -3.24. The molecule has 0 saturated heterocycles. The fraction of sp³-hybridized carbons (Fsp3) is 0.0667. The Morgan fingerprint density at radius 2 is 1.78 bits per heavy atom. The zero-order valence-corrected chi connectivity index (χ0v) is 11.5. The van der Waals surface area contributed by atoms with Gasteiger partial charge in [0.15, 0.2) is 0 Å². The van der Waals surface area contributed by atoms with Gasteiger partial charge in [-0.25, -0.2) is 9.59 Å². The predicted molar refractivity (Wildman–Crippen MR) is 77.0 cm³/mol.